The molecule has 0 saturated carbocycles. The molecule has 5 rings (SSSR count). The van der Waals surface area contributed by atoms with Crippen LogP contribution in [0.1, 0.15) is 43.0 Å². The number of ketones is 2. The van der Waals surface area contributed by atoms with Gasteiger partial charge in [-0.15, -0.1) is 0 Å². The normalized spacial score (nSPS) is 13.4. The minimum atomic E-state index is -4.10. The maximum absolute atomic E-state index is 14.0. The van der Waals surface area contributed by atoms with Crippen molar-refractivity contribution in [2.45, 2.75) is 22.9 Å². The fourth-order valence-electron chi connectivity index (χ4n) is 5.49. The van der Waals surface area contributed by atoms with E-state index in [1.165, 1.54) is 45.0 Å². The largest absolute Gasteiger partial charge is 0.308 e. The number of carbonyl (C=O) groups is 2. The molecule has 0 saturated heterocycles. The smallest absolute Gasteiger partial charge is 0.243 e. The summed E-state index contributed by atoms with van der Waals surface area (Å²) in [7, 11) is -0.781. The van der Waals surface area contributed by atoms with Crippen molar-refractivity contribution >= 4 is 31.6 Å². The lowest BCUT2D eigenvalue weighted by molar-refractivity contribution is 0.0978. The van der Waals surface area contributed by atoms with Gasteiger partial charge in [0.15, 0.2) is 11.6 Å². The van der Waals surface area contributed by atoms with Crippen molar-refractivity contribution < 1.29 is 26.4 Å². The van der Waals surface area contributed by atoms with Gasteiger partial charge in [0.25, 0.3) is 0 Å². The average molecular weight is 689 g/mol. The molecule has 0 fully saturated rings. The molecule has 1 aliphatic rings. The van der Waals surface area contributed by atoms with Gasteiger partial charge in [-0.2, -0.15) is 8.61 Å². The summed E-state index contributed by atoms with van der Waals surface area (Å²) < 4.78 is 58.8. The van der Waals surface area contributed by atoms with Gasteiger partial charge in [0.05, 0.1) is 9.79 Å². The lowest BCUT2D eigenvalue weighted by atomic mass is 9.84. The Balaban J connectivity index is 1.50. The second kappa shape index (κ2) is 14.6. The number of benzene rings is 4. The second-order valence-electron chi connectivity index (χ2n) is 12.3. The highest BCUT2D eigenvalue weighted by Crippen LogP contribution is 2.32. The van der Waals surface area contributed by atoms with E-state index in [-0.39, 0.29) is 58.2 Å². The Hall–Kier alpha value is -4.04. The first-order valence-electron chi connectivity index (χ1n) is 15.5. The summed E-state index contributed by atoms with van der Waals surface area (Å²) in [6.07, 6.45) is 0. The van der Waals surface area contributed by atoms with E-state index < -0.39 is 31.6 Å². The Bertz CT molecular complexity index is 1870. The molecule has 1 aliphatic carbocycles. The minimum absolute atomic E-state index is 0.0710. The van der Waals surface area contributed by atoms with Crippen molar-refractivity contribution in [3.05, 3.63) is 130 Å². The Morgan fingerprint density at radius 3 is 1.17 bits per heavy atom. The lowest BCUT2D eigenvalue weighted by Crippen LogP contribution is -2.36. The summed E-state index contributed by atoms with van der Waals surface area (Å²) in [6, 6.07) is 26.3. The van der Waals surface area contributed by atoms with Crippen LogP contribution in [0.15, 0.2) is 107 Å². The van der Waals surface area contributed by atoms with E-state index in [0.29, 0.717) is 13.1 Å². The van der Waals surface area contributed by atoms with Gasteiger partial charge < -0.3 is 9.80 Å². The molecule has 4 aromatic rings. The van der Waals surface area contributed by atoms with Crippen LogP contribution < -0.4 is 0 Å². The predicted molar refractivity (Wildman–Crippen MR) is 185 cm³/mol. The molecular formula is C36H40N4O6S2. The predicted octanol–water partition coefficient (Wildman–Crippen LogP) is 3.97. The number of likely N-dealkylation sites (N-methyl/N-ethyl adjacent to an activating group) is 2. The Labute approximate surface area is 283 Å². The van der Waals surface area contributed by atoms with Crippen LogP contribution in [0.25, 0.3) is 0 Å². The number of nitrogens with zero attached hydrogens (tertiary/aromatic N) is 4. The SMILES string of the molecule is CN(C)CCN(Cc1ccccc1)S(=O)(=O)c1ccc2c(c1)C(=O)c1cc(S(=O)(=O)N(CCN(C)C)Cc3ccccc3)ccc1C2=O. The van der Waals surface area contributed by atoms with Crippen LogP contribution in [0.3, 0.4) is 0 Å². The quantitative estimate of drug-likeness (QED) is 0.172. The van der Waals surface area contributed by atoms with Gasteiger partial charge in [-0.3, -0.25) is 9.59 Å². The average Bonchev–Trinajstić information content (AvgIpc) is 3.07. The molecule has 10 nitrogen and oxygen atoms in total. The number of hydrogen-bond donors (Lipinski definition) is 0. The number of sulfonamides is 2. The minimum Gasteiger partial charge on any atom is -0.308 e. The molecule has 0 aliphatic heterocycles. The molecule has 12 heteroatoms. The van der Waals surface area contributed by atoms with Gasteiger partial charge in [0.1, 0.15) is 0 Å². The van der Waals surface area contributed by atoms with Crippen molar-refractivity contribution in [2.24, 2.45) is 0 Å². The monoisotopic (exact) mass is 688 g/mol. The Kier molecular flexibility index (Phi) is 10.7. The van der Waals surface area contributed by atoms with E-state index in [2.05, 4.69) is 0 Å². The van der Waals surface area contributed by atoms with Crippen LogP contribution in [0.5, 0.6) is 0 Å². The highest BCUT2D eigenvalue weighted by molar-refractivity contribution is 7.89. The van der Waals surface area contributed by atoms with Crippen LogP contribution in [0.4, 0.5) is 0 Å². The molecule has 0 heterocycles. The van der Waals surface area contributed by atoms with E-state index in [1.807, 2.05) is 98.7 Å². The summed E-state index contributed by atoms with van der Waals surface area (Å²) in [5.41, 5.74) is 1.59. The van der Waals surface area contributed by atoms with Crippen molar-refractivity contribution in [1.82, 2.24) is 18.4 Å². The van der Waals surface area contributed by atoms with Gasteiger partial charge in [-0.25, -0.2) is 16.8 Å². The standard InChI is InChI=1S/C36H40N4O6S2/c1-37(2)19-21-39(25-27-11-7-5-8-12-27)47(43,44)29-15-17-31-33(23-29)36(42)34-24-30(16-18-32(34)35(31)41)48(45,46)40(22-20-38(3)4)26-28-13-9-6-10-14-28/h5-18,23-24H,19-22,25-26H2,1-4H3. The highest BCUT2D eigenvalue weighted by atomic mass is 32.2. The van der Waals surface area contributed by atoms with E-state index >= 15 is 0 Å². The fourth-order valence-corrected chi connectivity index (χ4v) is 8.39. The first-order valence-corrected chi connectivity index (χ1v) is 18.4. The fraction of sp³-hybridized carbons (Fsp3) is 0.278. The number of fused-ring (bicyclic) bond motifs is 2. The molecule has 0 bridgehead atoms. The van der Waals surface area contributed by atoms with Crippen LogP contribution in [-0.2, 0) is 33.1 Å². The van der Waals surface area contributed by atoms with Gasteiger partial charge in [0, 0.05) is 61.5 Å². The van der Waals surface area contributed by atoms with Crippen molar-refractivity contribution in [2.75, 3.05) is 54.4 Å². The lowest BCUT2D eigenvalue weighted by Gasteiger charge is -2.26. The molecule has 48 heavy (non-hydrogen) atoms. The van der Waals surface area contributed by atoms with Crippen molar-refractivity contribution in [1.29, 1.82) is 0 Å². The molecule has 0 unspecified atom stereocenters. The van der Waals surface area contributed by atoms with Crippen LogP contribution in [0, 0.1) is 0 Å². The zero-order chi connectivity index (χ0) is 34.6. The van der Waals surface area contributed by atoms with Crippen molar-refractivity contribution in [3.8, 4) is 0 Å². The van der Waals surface area contributed by atoms with Crippen LogP contribution in [-0.4, -0.2) is 101 Å². The third-order valence-corrected chi connectivity index (χ3v) is 11.9. The van der Waals surface area contributed by atoms with E-state index in [4.69, 9.17) is 0 Å². The van der Waals surface area contributed by atoms with E-state index in [9.17, 15) is 26.4 Å². The first kappa shape index (κ1) is 35.3. The molecule has 0 aromatic heterocycles. The maximum Gasteiger partial charge on any atom is 0.243 e. The summed E-state index contributed by atoms with van der Waals surface area (Å²) in [5.74, 6) is -1.09. The molecule has 4 aromatic carbocycles. The number of hydrogen-bond acceptors (Lipinski definition) is 8. The molecular weight excluding hydrogens is 649 g/mol. The molecule has 0 amide bonds. The van der Waals surface area contributed by atoms with Crippen molar-refractivity contribution in [3.63, 3.8) is 0 Å². The van der Waals surface area contributed by atoms with Crippen LogP contribution >= 0.6 is 0 Å². The summed E-state index contributed by atoms with van der Waals surface area (Å²) in [5, 5.41) is 0. The number of rotatable bonds is 14. The molecule has 0 spiro atoms. The second-order valence-corrected chi connectivity index (χ2v) is 16.2. The van der Waals surface area contributed by atoms with Gasteiger partial charge in [0.2, 0.25) is 20.0 Å². The van der Waals surface area contributed by atoms with Gasteiger partial charge >= 0.3 is 0 Å². The summed E-state index contributed by atoms with van der Waals surface area (Å²) in [4.78, 5) is 31.1. The van der Waals surface area contributed by atoms with Gasteiger partial charge in [-0.05, 0) is 75.7 Å². The highest BCUT2D eigenvalue weighted by Gasteiger charge is 2.35. The number of carbonyl (C=O) groups excluding carboxylic acids is 2. The van der Waals surface area contributed by atoms with E-state index in [0.717, 1.165) is 11.1 Å². The zero-order valence-corrected chi connectivity index (χ0v) is 29.2. The Morgan fingerprint density at radius 2 is 0.812 bits per heavy atom. The van der Waals surface area contributed by atoms with Crippen LogP contribution in [0.2, 0.25) is 0 Å². The zero-order valence-electron chi connectivity index (χ0n) is 27.5. The molecule has 0 radical (unpaired) electrons. The summed E-state index contributed by atoms with van der Waals surface area (Å²) >= 11 is 0. The first-order chi connectivity index (χ1) is 22.8. The van der Waals surface area contributed by atoms with E-state index in [1.54, 1.807) is 0 Å². The third kappa shape index (κ3) is 7.64. The topological polar surface area (TPSA) is 115 Å². The molecule has 0 N–H and O–H groups in total. The third-order valence-electron chi connectivity index (χ3n) is 8.23. The molecule has 252 valence electrons. The van der Waals surface area contributed by atoms with Gasteiger partial charge in [-0.1, -0.05) is 60.7 Å². The Morgan fingerprint density at radius 1 is 0.458 bits per heavy atom. The maximum atomic E-state index is 14.0. The molecule has 0 atom stereocenters. The summed E-state index contributed by atoms with van der Waals surface area (Å²) in [6.45, 7) is 1.58.